The van der Waals surface area contributed by atoms with E-state index in [1.807, 2.05) is 6.07 Å². The summed E-state index contributed by atoms with van der Waals surface area (Å²) in [5.41, 5.74) is 6.25. The van der Waals surface area contributed by atoms with E-state index in [-0.39, 0.29) is 11.9 Å². The van der Waals surface area contributed by atoms with E-state index in [4.69, 9.17) is 4.74 Å². The minimum atomic E-state index is -0.431. The molecule has 0 bridgehead atoms. The van der Waals surface area contributed by atoms with Crippen LogP contribution in [0.5, 0.6) is 11.6 Å². The topological polar surface area (TPSA) is 125 Å². The van der Waals surface area contributed by atoms with Crippen molar-refractivity contribution in [1.82, 2.24) is 35.6 Å². The number of benzene rings is 1. The van der Waals surface area contributed by atoms with Gasteiger partial charge in [-0.3, -0.25) is 15.3 Å². The molecular formula is C22H30N8O3. The predicted molar refractivity (Wildman–Crippen MR) is 126 cm³/mol. The second kappa shape index (κ2) is 11.8. The molecule has 0 atom stereocenters. The third-order valence-electron chi connectivity index (χ3n) is 5.07. The zero-order chi connectivity index (χ0) is 23.6. The Balaban J connectivity index is 1.52. The number of ether oxygens (including phenoxy) is 1. The summed E-state index contributed by atoms with van der Waals surface area (Å²) >= 11 is 0. The number of carbonyl (C=O) groups excluding carboxylic acids is 2. The van der Waals surface area contributed by atoms with E-state index in [1.165, 1.54) is 17.0 Å². The number of aromatic nitrogens is 3. The first kappa shape index (κ1) is 24.0. The second-order valence-corrected chi connectivity index (χ2v) is 7.19. The van der Waals surface area contributed by atoms with Crippen LogP contribution in [0, 0.1) is 0 Å². The van der Waals surface area contributed by atoms with Gasteiger partial charge in [0.2, 0.25) is 5.88 Å². The lowest BCUT2D eigenvalue weighted by Gasteiger charge is -2.17. The van der Waals surface area contributed by atoms with E-state index in [0.29, 0.717) is 18.1 Å². The molecule has 0 fully saturated rings. The first-order chi connectivity index (χ1) is 16.0. The molecule has 0 radical (unpaired) electrons. The molecule has 0 unspecified atom stereocenters. The monoisotopic (exact) mass is 454 g/mol. The first-order valence-electron chi connectivity index (χ1n) is 10.9. The lowest BCUT2D eigenvalue weighted by molar-refractivity contribution is 0.245. The zero-order valence-corrected chi connectivity index (χ0v) is 19.1. The van der Waals surface area contributed by atoms with Gasteiger partial charge in [0, 0.05) is 31.2 Å². The Morgan fingerprint density at radius 2 is 1.94 bits per heavy atom. The summed E-state index contributed by atoms with van der Waals surface area (Å²) in [7, 11) is 1.58. The number of rotatable bonds is 10. The summed E-state index contributed by atoms with van der Waals surface area (Å²) in [6, 6.07) is 8.04. The molecule has 2 heterocycles. The second-order valence-electron chi connectivity index (χ2n) is 7.19. The van der Waals surface area contributed by atoms with Crippen molar-refractivity contribution in [3.63, 3.8) is 0 Å². The minimum Gasteiger partial charge on any atom is -0.439 e. The van der Waals surface area contributed by atoms with Crippen LogP contribution in [0.1, 0.15) is 20.3 Å². The molecule has 0 saturated carbocycles. The van der Waals surface area contributed by atoms with Crippen LogP contribution in [0.4, 0.5) is 15.4 Å². The molecule has 3 amide bonds. The average Bonchev–Trinajstić information content (AvgIpc) is 3.24. The number of nitrogens with zero attached hydrogens (tertiary/aromatic N) is 4. The summed E-state index contributed by atoms with van der Waals surface area (Å²) in [5, 5.41) is 6.08. The molecule has 4 N–H and O–H groups in total. The van der Waals surface area contributed by atoms with E-state index in [0.717, 1.165) is 37.0 Å². The van der Waals surface area contributed by atoms with Crippen molar-refractivity contribution in [2.45, 2.75) is 20.3 Å². The molecule has 0 aliphatic rings. The van der Waals surface area contributed by atoms with Crippen molar-refractivity contribution in [2.24, 2.45) is 0 Å². The third kappa shape index (κ3) is 6.64. The SMILES string of the molecule is CCN(CC)CCCNNC(=O)Nc1cc(Oc2ccc3c(ccn3C(=O)NC)c2)ncn1. The van der Waals surface area contributed by atoms with Crippen LogP contribution in [0.3, 0.4) is 0 Å². The van der Waals surface area contributed by atoms with E-state index in [1.54, 1.807) is 31.4 Å². The molecule has 3 rings (SSSR count). The van der Waals surface area contributed by atoms with Gasteiger partial charge < -0.3 is 15.0 Å². The number of nitrogens with one attached hydrogen (secondary N) is 4. The van der Waals surface area contributed by atoms with Crippen molar-refractivity contribution < 1.29 is 14.3 Å². The van der Waals surface area contributed by atoms with Crippen molar-refractivity contribution in [3.8, 4) is 11.6 Å². The number of hydrogen-bond donors (Lipinski definition) is 4. The number of carbonyl (C=O) groups is 2. The molecule has 2 aromatic heterocycles. The Kier molecular flexibility index (Phi) is 8.56. The van der Waals surface area contributed by atoms with Gasteiger partial charge in [0.1, 0.15) is 17.9 Å². The quantitative estimate of drug-likeness (QED) is 0.274. The summed E-state index contributed by atoms with van der Waals surface area (Å²) in [4.78, 5) is 34.4. The number of anilines is 1. The minimum absolute atomic E-state index is 0.221. The van der Waals surface area contributed by atoms with Gasteiger partial charge in [-0.1, -0.05) is 13.8 Å². The van der Waals surface area contributed by atoms with Gasteiger partial charge in [-0.05, 0) is 50.3 Å². The van der Waals surface area contributed by atoms with E-state index in [9.17, 15) is 9.59 Å². The summed E-state index contributed by atoms with van der Waals surface area (Å²) < 4.78 is 7.32. The lowest BCUT2D eigenvalue weighted by Crippen LogP contribution is -2.41. The zero-order valence-electron chi connectivity index (χ0n) is 19.1. The van der Waals surface area contributed by atoms with Crippen LogP contribution in [0.25, 0.3) is 10.9 Å². The molecule has 11 nitrogen and oxygen atoms in total. The molecule has 0 aliphatic heterocycles. The third-order valence-corrected chi connectivity index (χ3v) is 5.07. The Hall–Kier alpha value is -3.70. The fourth-order valence-electron chi connectivity index (χ4n) is 3.29. The number of fused-ring (bicyclic) bond motifs is 1. The Morgan fingerprint density at radius 1 is 1.12 bits per heavy atom. The average molecular weight is 455 g/mol. The number of urea groups is 1. The summed E-state index contributed by atoms with van der Waals surface area (Å²) in [6.45, 7) is 7.91. The van der Waals surface area contributed by atoms with Gasteiger partial charge in [0.25, 0.3) is 0 Å². The smallest absolute Gasteiger partial charge is 0.334 e. The Morgan fingerprint density at radius 3 is 2.70 bits per heavy atom. The maximum atomic E-state index is 12.1. The van der Waals surface area contributed by atoms with Crippen LogP contribution >= 0.6 is 0 Å². The fourth-order valence-corrected chi connectivity index (χ4v) is 3.29. The van der Waals surface area contributed by atoms with Gasteiger partial charge >= 0.3 is 12.1 Å². The molecule has 11 heteroatoms. The number of hydrazine groups is 1. The largest absolute Gasteiger partial charge is 0.439 e. The molecule has 0 aliphatic carbocycles. The molecule has 176 valence electrons. The van der Waals surface area contributed by atoms with Crippen molar-refractivity contribution in [2.75, 3.05) is 38.5 Å². The predicted octanol–water partition coefficient (Wildman–Crippen LogP) is 2.77. The Bertz CT molecular complexity index is 1080. The number of hydrogen-bond acceptors (Lipinski definition) is 7. The van der Waals surface area contributed by atoms with Crippen molar-refractivity contribution in [1.29, 1.82) is 0 Å². The molecular weight excluding hydrogens is 424 g/mol. The molecule has 1 aromatic carbocycles. The number of amides is 3. The maximum absolute atomic E-state index is 12.1. The highest BCUT2D eigenvalue weighted by Crippen LogP contribution is 2.26. The van der Waals surface area contributed by atoms with Gasteiger partial charge in [-0.15, -0.1) is 0 Å². The summed E-state index contributed by atoms with van der Waals surface area (Å²) in [5.74, 6) is 1.12. The van der Waals surface area contributed by atoms with E-state index >= 15 is 0 Å². The highest BCUT2D eigenvalue weighted by atomic mass is 16.5. The van der Waals surface area contributed by atoms with Crippen LogP contribution in [-0.2, 0) is 0 Å². The van der Waals surface area contributed by atoms with Crippen molar-refractivity contribution in [3.05, 3.63) is 42.9 Å². The Labute approximate surface area is 192 Å². The normalized spacial score (nSPS) is 10.9. The van der Waals surface area contributed by atoms with Gasteiger partial charge in [-0.2, -0.15) is 0 Å². The highest BCUT2D eigenvalue weighted by molar-refractivity contribution is 5.92. The molecule has 33 heavy (non-hydrogen) atoms. The lowest BCUT2D eigenvalue weighted by atomic mass is 10.2. The molecule has 0 spiro atoms. The molecule has 3 aromatic rings. The van der Waals surface area contributed by atoms with Crippen LogP contribution in [0.2, 0.25) is 0 Å². The van der Waals surface area contributed by atoms with Crippen LogP contribution in [0.15, 0.2) is 42.9 Å². The summed E-state index contributed by atoms with van der Waals surface area (Å²) in [6.07, 6.45) is 3.92. The van der Waals surface area contributed by atoms with Crippen molar-refractivity contribution >= 4 is 28.8 Å². The highest BCUT2D eigenvalue weighted by Gasteiger charge is 2.10. The van der Waals surface area contributed by atoms with Crippen LogP contribution in [-0.4, -0.2) is 64.7 Å². The van der Waals surface area contributed by atoms with Gasteiger partial charge in [0.05, 0.1) is 5.52 Å². The van der Waals surface area contributed by atoms with E-state index < -0.39 is 6.03 Å². The first-order valence-corrected chi connectivity index (χ1v) is 10.9. The molecule has 0 saturated heterocycles. The maximum Gasteiger partial charge on any atom is 0.334 e. The van der Waals surface area contributed by atoms with Gasteiger partial charge in [0.15, 0.2) is 0 Å². The standard InChI is InChI=1S/C22H30N8O3/c1-4-29(5-2)11-6-10-26-28-21(31)27-19-14-20(25-15-24-19)33-17-7-8-18-16(13-17)9-12-30(18)22(32)23-3/h7-9,12-15,26H,4-6,10-11H2,1-3H3,(H,23,32)(H2,24,25,27,28,31). The van der Waals surface area contributed by atoms with E-state index in [2.05, 4.69) is 50.2 Å². The van der Waals surface area contributed by atoms with Crippen LogP contribution < -0.4 is 26.2 Å². The van der Waals surface area contributed by atoms with Gasteiger partial charge in [-0.25, -0.2) is 25.0 Å². The fraction of sp³-hybridized carbons (Fsp3) is 0.364.